The van der Waals surface area contributed by atoms with Gasteiger partial charge in [0, 0.05) is 36.6 Å². The lowest BCUT2D eigenvalue weighted by Gasteiger charge is -2.28. The Bertz CT molecular complexity index is 776. The molecule has 0 saturated carbocycles. The van der Waals surface area contributed by atoms with Crippen LogP contribution in [0.3, 0.4) is 0 Å². The van der Waals surface area contributed by atoms with E-state index in [1.165, 1.54) is 0 Å². The molecule has 0 atom stereocenters. The van der Waals surface area contributed by atoms with E-state index in [4.69, 9.17) is 4.74 Å². The minimum absolute atomic E-state index is 0.0270. The zero-order valence-electron chi connectivity index (χ0n) is 14.3. The molecule has 7 nitrogen and oxygen atoms in total. The predicted octanol–water partition coefficient (Wildman–Crippen LogP) is 2.22. The van der Waals surface area contributed by atoms with Gasteiger partial charge in [0.15, 0.2) is 0 Å². The summed E-state index contributed by atoms with van der Waals surface area (Å²) in [5, 5.41) is 4.95. The summed E-state index contributed by atoms with van der Waals surface area (Å²) in [5.74, 6) is -0.299. The largest absolute Gasteiger partial charge is 0.378 e. The van der Waals surface area contributed by atoms with Crippen LogP contribution in [-0.4, -0.2) is 42.3 Å². The summed E-state index contributed by atoms with van der Waals surface area (Å²) in [6.07, 6.45) is 0. The molecule has 0 spiro atoms. The van der Waals surface area contributed by atoms with Crippen LogP contribution in [0, 0.1) is 18.6 Å². The third-order valence-electron chi connectivity index (χ3n) is 3.75. The molecule has 2 heterocycles. The Morgan fingerprint density at radius 2 is 1.85 bits per heavy atom. The lowest BCUT2D eigenvalue weighted by Crippen LogP contribution is -2.37. The molecule has 2 N–H and O–H groups in total. The molecule has 1 aliphatic heterocycles. The van der Waals surface area contributed by atoms with E-state index in [-0.39, 0.29) is 12.2 Å². The van der Waals surface area contributed by atoms with E-state index in [1.807, 2.05) is 13.0 Å². The summed E-state index contributed by atoms with van der Waals surface area (Å²) >= 11 is 0. The van der Waals surface area contributed by atoms with E-state index >= 15 is 0 Å². The first kappa shape index (κ1) is 18.0. The zero-order chi connectivity index (χ0) is 18.5. The van der Waals surface area contributed by atoms with Crippen LogP contribution < -0.4 is 15.5 Å². The van der Waals surface area contributed by atoms with Crippen LogP contribution in [0.4, 0.5) is 25.1 Å². The van der Waals surface area contributed by atoms with Crippen LogP contribution in [0.1, 0.15) is 11.5 Å². The Balaban J connectivity index is 1.61. The number of ether oxygens (including phenoxy) is 1. The van der Waals surface area contributed by atoms with Gasteiger partial charge in [-0.3, -0.25) is 0 Å². The summed E-state index contributed by atoms with van der Waals surface area (Å²) in [6.45, 7) is 4.71. The van der Waals surface area contributed by atoms with Crippen LogP contribution in [0.25, 0.3) is 0 Å². The van der Waals surface area contributed by atoms with Gasteiger partial charge in [0.25, 0.3) is 0 Å². The monoisotopic (exact) mass is 363 g/mol. The Kier molecular flexibility index (Phi) is 5.57. The van der Waals surface area contributed by atoms with E-state index < -0.39 is 17.7 Å². The van der Waals surface area contributed by atoms with Crippen molar-refractivity contribution in [1.82, 2.24) is 15.3 Å². The summed E-state index contributed by atoms with van der Waals surface area (Å²) in [7, 11) is 0. The summed E-state index contributed by atoms with van der Waals surface area (Å²) in [6, 6.07) is 4.07. The van der Waals surface area contributed by atoms with Gasteiger partial charge in [-0.05, 0) is 19.1 Å². The van der Waals surface area contributed by atoms with Crippen molar-refractivity contribution in [3.8, 4) is 0 Å². The molecule has 26 heavy (non-hydrogen) atoms. The van der Waals surface area contributed by atoms with Crippen molar-refractivity contribution in [1.29, 1.82) is 0 Å². The maximum absolute atomic E-state index is 13.1. The van der Waals surface area contributed by atoms with Crippen molar-refractivity contribution in [3.63, 3.8) is 0 Å². The van der Waals surface area contributed by atoms with Crippen LogP contribution in [0.5, 0.6) is 0 Å². The number of aryl methyl sites for hydroxylation is 1. The minimum atomic E-state index is -0.766. The molecule has 1 aromatic carbocycles. The highest BCUT2D eigenvalue weighted by Crippen LogP contribution is 2.15. The first-order valence-corrected chi connectivity index (χ1v) is 8.18. The van der Waals surface area contributed by atoms with Crippen molar-refractivity contribution in [2.75, 3.05) is 36.5 Å². The van der Waals surface area contributed by atoms with Gasteiger partial charge in [0.05, 0.1) is 19.8 Å². The first-order chi connectivity index (χ1) is 12.5. The molecule has 3 rings (SSSR count). The molecule has 0 bridgehead atoms. The number of anilines is 2. The number of amides is 2. The summed E-state index contributed by atoms with van der Waals surface area (Å²) in [4.78, 5) is 22.8. The van der Waals surface area contributed by atoms with Gasteiger partial charge in [0.1, 0.15) is 23.3 Å². The highest BCUT2D eigenvalue weighted by atomic mass is 19.1. The average Bonchev–Trinajstić information content (AvgIpc) is 2.59. The average molecular weight is 363 g/mol. The fourth-order valence-corrected chi connectivity index (χ4v) is 2.61. The Hall–Kier alpha value is -2.81. The number of hydrogen-bond donors (Lipinski definition) is 2. The third kappa shape index (κ3) is 4.85. The Morgan fingerprint density at radius 3 is 2.54 bits per heavy atom. The number of nitrogens with one attached hydrogen (secondary N) is 2. The molecular formula is C17H19F2N5O2. The molecular weight excluding hydrogens is 344 g/mol. The Morgan fingerprint density at radius 1 is 1.15 bits per heavy atom. The molecule has 1 saturated heterocycles. The number of benzene rings is 1. The van der Waals surface area contributed by atoms with Gasteiger partial charge in [0.2, 0.25) is 0 Å². The Labute approximate surface area is 149 Å². The van der Waals surface area contributed by atoms with E-state index in [0.29, 0.717) is 19.0 Å². The van der Waals surface area contributed by atoms with Crippen LogP contribution in [0.2, 0.25) is 0 Å². The molecule has 2 amide bonds. The standard InChI is InChI=1S/C17H19F2N5O2/c1-11-6-16(24-2-4-26-5-3-24)23-15(21-11)10-20-17(25)22-14-8-12(18)7-13(19)9-14/h6-9H,2-5,10H2,1H3,(H2,20,22,25). The van der Waals surface area contributed by atoms with Gasteiger partial charge in [-0.15, -0.1) is 0 Å². The van der Waals surface area contributed by atoms with Gasteiger partial charge in [-0.2, -0.15) is 0 Å². The second kappa shape index (κ2) is 8.05. The van der Waals surface area contributed by atoms with Gasteiger partial charge in [-0.25, -0.2) is 23.5 Å². The van der Waals surface area contributed by atoms with Crippen molar-refractivity contribution in [3.05, 3.63) is 47.4 Å². The molecule has 0 radical (unpaired) electrons. The number of carbonyl (C=O) groups is 1. The second-order valence-corrected chi connectivity index (χ2v) is 5.85. The summed E-state index contributed by atoms with van der Waals surface area (Å²) in [5.41, 5.74) is 0.810. The zero-order valence-corrected chi connectivity index (χ0v) is 14.3. The third-order valence-corrected chi connectivity index (χ3v) is 3.75. The summed E-state index contributed by atoms with van der Waals surface area (Å²) < 4.78 is 31.6. The second-order valence-electron chi connectivity index (χ2n) is 5.85. The number of hydrogen-bond acceptors (Lipinski definition) is 5. The molecule has 138 valence electrons. The van der Waals surface area contributed by atoms with E-state index in [9.17, 15) is 13.6 Å². The number of halogens is 2. The van der Waals surface area contributed by atoms with Gasteiger partial charge in [-0.1, -0.05) is 0 Å². The molecule has 0 aliphatic carbocycles. The molecule has 9 heteroatoms. The normalized spacial score (nSPS) is 14.2. The number of rotatable bonds is 4. The van der Waals surface area contributed by atoms with Crippen LogP contribution in [-0.2, 0) is 11.3 Å². The van der Waals surface area contributed by atoms with Crippen LogP contribution >= 0.6 is 0 Å². The molecule has 1 aromatic heterocycles. The van der Waals surface area contributed by atoms with Crippen molar-refractivity contribution in [2.24, 2.45) is 0 Å². The number of urea groups is 1. The van der Waals surface area contributed by atoms with Crippen LogP contribution in [0.15, 0.2) is 24.3 Å². The fourth-order valence-electron chi connectivity index (χ4n) is 2.61. The van der Waals surface area contributed by atoms with Crippen molar-refractivity contribution in [2.45, 2.75) is 13.5 Å². The smallest absolute Gasteiger partial charge is 0.319 e. The van der Waals surface area contributed by atoms with Crippen molar-refractivity contribution < 1.29 is 18.3 Å². The van der Waals surface area contributed by atoms with Gasteiger partial charge >= 0.3 is 6.03 Å². The quantitative estimate of drug-likeness (QED) is 0.871. The molecule has 0 unspecified atom stereocenters. The minimum Gasteiger partial charge on any atom is -0.378 e. The van der Waals surface area contributed by atoms with E-state index in [2.05, 4.69) is 25.5 Å². The van der Waals surface area contributed by atoms with Gasteiger partial charge < -0.3 is 20.3 Å². The van der Waals surface area contributed by atoms with E-state index in [0.717, 1.165) is 42.8 Å². The number of nitrogens with zero attached hydrogens (tertiary/aromatic N) is 3. The number of morpholine rings is 1. The highest BCUT2D eigenvalue weighted by Gasteiger charge is 2.14. The molecule has 1 fully saturated rings. The number of carbonyl (C=O) groups excluding carboxylic acids is 1. The van der Waals surface area contributed by atoms with E-state index in [1.54, 1.807) is 0 Å². The topological polar surface area (TPSA) is 79.4 Å². The maximum Gasteiger partial charge on any atom is 0.319 e. The lowest BCUT2D eigenvalue weighted by molar-refractivity contribution is 0.122. The first-order valence-electron chi connectivity index (χ1n) is 8.18. The maximum atomic E-state index is 13.1. The van der Waals surface area contributed by atoms with Crippen molar-refractivity contribution >= 4 is 17.5 Å². The lowest BCUT2D eigenvalue weighted by atomic mass is 10.3. The number of aromatic nitrogens is 2. The molecule has 2 aromatic rings. The fraction of sp³-hybridized carbons (Fsp3) is 0.353. The highest BCUT2D eigenvalue weighted by molar-refractivity contribution is 5.89. The molecule has 1 aliphatic rings. The predicted molar refractivity (Wildman–Crippen MR) is 92.0 cm³/mol. The SMILES string of the molecule is Cc1cc(N2CCOCC2)nc(CNC(=O)Nc2cc(F)cc(F)c2)n1.